The fourth-order valence-electron chi connectivity index (χ4n) is 2.64. The Labute approximate surface area is 132 Å². The zero-order valence-corrected chi connectivity index (χ0v) is 14.1. The first kappa shape index (κ1) is 16.7. The summed E-state index contributed by atoms with van der Waals surface area (Å²) in [4.78, 5) is 24.9. The Morgan fingerprint density at radius 1 is 1.36 bits per heavy atom. The number of hydrogen-bond donors (Lipinski definition) is 0. The Morgan fingerprint density at radius 2 is 2.09 bits per heavy atom. The van der Waals surface area contributed by atoms with Crippen molar-refractivity contribution in [2.75, 3.05) is 19.6 Å². The molecule has 1 aliphatic heterocycles. The molecule has 1 aromatic rings. The van der Waals surface area contributed by atoms with Gasteiger partial charge in [-0.2, -0.15) is 0 Å². The summed E-state index contributed by atoms with van der Waals surface area (Å²) in [6, 6.07) is 0.305. The maximum absolute atomic E-state index is 12.2. The van der Waals surface area contributed by atoms with E-state index < -0.39 is 5.60 Å². The number of amides is 1. The van der Waals surface area contributed by atoms with Gasteiger partial charge in [-0.15, -0.1) is 0 Å². The second-order valence-corrected chi connectivity index (χ2v) is 6.82. The summed E-state index contributed by atoms with van der Waals surface area (Å²) in [5.74, 6) is 0. The van der Waals surface area contributed by atoms with Crippen LogP contribution in [0.5, 0.6) is 0 Å². The lowest BCUT2D eigenvalue weighted by Gasteiger charge is -2.42. The van der Waals surface area contributed by atoms with Gasteiger partial charge in [0.1, 0.15) is 5.60 Å². The van der Waals surface area contributed by atoms with Crippen LogP contribution >= 0.6 is 0 Å². The van der Waals surface area contributed by atoms with Crippen LogP contribution in [0, 0.1) is 0 Å². The number of ether oxygens (including phenoxy) is 1. The molecule has 1 fully saturated rings. The number of hydrogen-bond acceptors (Lipinski definition) is 5. The predicted octanol–water partition coefficient (Wildman–Crippen LogP) is 2.48. The third-order valence-electron chi connectivity index (χ3n) is 3.85. The van der Waals surface area contributed by atoms with Crippen LogP contribution in [0.2, 0.25) is 0 Å². The molecule has 1 aliphatic rings. The molecule has 6 nitrogen and oxygen atoms in total. The van der Waals surface area contributed by atoms with Crippen molar-refractivity contribution in [3.63, 3.8) is 0 Å². The zero-order chi connectivity index (χ0) is 16.3. The number of rotatable bonds is 2. The molecule has 0 bridgehead atoms. The Bertz CT molecular complexity index is 501. The van der Waals surface area contributed by atoms with Crippen molar-refractivity contribution >= 4 is 6.09 Å². The van der Waals surface area contributed by atoms with Crippen LogP contribution < -0.4 is 0 Å². The second-order valence-electron chi connectivity index (χ2n) is 6.82. The summed E-state index contributed by atoms with van der Waals surface area (Å²) in [7, 11) is 0. The summed E-state index contributed by atoms with van der Waals surface area (Å²) >= 11 is 0. The van der Waals surface area contributed by atoms with Crippen LogP contribution in [0.15, 0.2) is 18.6 Å². The van der Waals surface area contributed by atoms with Gasteiger partial charge in [0.2, 0.25) is 0 Å². The predicted molar refractivity (Wildman–Crippen MR) is 84.4 cm³/mol. The first-order valence-electron chi connectivity index (χ1n) is 7.77. The van der Waals surface area contributed by atoms with Crippen LogP contribution in [0.3, 0.4) is 0 Å². The molecule has 1 aromatic heterocycles. The van der Waals surface area contributed by atoms with Crippen molar-refractivity contribution in [3.05, 3.63) is 24.3 Å². The van der Waals surface area contributed by atoms with Crippen molar-refractivity contribution in [2.45, 2.75) is 52.3 Å². The summed E-state index contributed by atoms with van der Waals surface area (Å²) in [6.45, 7) is 12.1. The van der Waals surface area contributed by atoms with Gasteiger partial charge in [-0.3, -0.25) is 14.9 Å². The minimum absolute atomic E-state index is 0.114. The molecule has 22 heavy (non-hydrogen) atoms. The average molecular weight is 306 g/mol. The fourth-order valence-corrected chi connectivity index (χ4v) is 2.64. The molecule has 2 rings (SSSR count). The van der Waals surface area contributed by atoms with E-state index in [4.69, 9.17) is 4.74 Å². The smallest absolute Gasteiger partial charge is 0.410 e. The molecule has 2 heterocycles. The van der Waals surface area contributed by atoms with Crippen LogP contribution in [-0.2, 0) is 4.74 Å². The number of carbonyl (C=O) groups excluding carboxylic acids is 1. The minimum Gasteiger partial charge on any atom is -0.444 e. The van der Waals surface area contributed by atoms with E-state index in [9.17, 15) is 4.79 Å². The van der Waals surface area contributed by atoms with Crippen LogP contribution in [0.1, 0.15) is 46.4 Å². The normalized spacial score (nSPS) is 21.5. The SMILES string of the molecule is C[C@H](c1cnccn1)N1CCN(C(=O)OC(C)(C)C)[C@H](C)C1. The average Bonchev–Trinajstić information content (AvgIpc) is 2.45. The van der Waals surface area contributed by atoms with Gasteiger partial charge in [0.15, 0.2) is 0 Å². The molecule has 6 heteroatoms. The highest BCUT2D eigenvalue weighted by Gasteiger charge is 2.32. The number of piperazine rings is 1. The lowest BCUT2D eigenvalue weighted by Crippen LogP contribution is -2.55. The van der Waals surface area contributed by atoms with E-state index in [0.717, 1.165) is 18.8 Å². The van der Waals surface area contributed by atoms with Crippen molar-refractivity contribution in [2.24, 2.45) is 0 Å². The van der Waals surface area contributed by atoms with Gasteiger partial charge >= 0.3 is 6.09 Å². The standard InChI is InChI=1S/C16H26N4O2/c1-12-11-19(13(2)14-10-17-6-7-18-14)8-9-20(12)15(21)22-16(3,4)5/h6-7,10,12-13H,8-9,11H2,1-5H3/t12-,13-/m1/s1. The second kappa shape index (κ2) is 6.60. The molecule has 0 radical (unpaired) electrons. The lowest BCUT2D eigenvalue weighted by atomic mass is 10.1. The largest absolute Gasteiger partial charge is 0.444 e. The molecule has 0 saturated carbocycles. The Morgan fingerprint density at radius 3 is 2.64 bits per heavy atom. The van der Waals surface area contributed by atoms with E-state index in [-0.39, 0.29) is 18.2 Å². The highest BCUT2D eigenvalue weighted by Crippen LogP contribution is 2.22. The monoisotopic (exact) mass is 306 g/mol. The Balaban J connectivity index is 1.96. The van der Waals surface area contributed by atoms with Crippen molar-refractivity contribution in [3.8, 4) is 0 Å². The maximum atomic E-state index is 12.2. The minimum atomic E-state index is -0.457. The van der Waals surface area contributed by atoms with Crippen LogP contribution in [-0.4, -0.2) is 57.1 Å². The van der Waals surface area contributed by atoms with Gasteiger partial charge in [-0.05, 0) is 34.6 Å². The van der Waals surface area contributed by atoms with E-state index in [1.165, 1.54) is 0 Å². The number of carbonyl (C=O) groups is 1. The zero-order valence-electron chi connectivity index (χ0n) is 14.1. The molecule has 0 aliphatic carbocycles. The molecular weight excluding hydrogens is 280 g/mol. The molecule has 2 atom stereocenters. The van der Waals surface area contributed by atoms with E-state index in [1.807, 2.05) is 25.7 Å². The summed E-state index contributed by atoms with van der Waals surface area (Å²) < 4.78 is 5.47. The van der Waals surface area contributed by atoms with Crippen molar-refractivity contribution in [1.82, 2.24) is 19.8 Å². The first-order chi connectivity index (χ1) is 10.3. The van der Waals surface area contributed by atoms with Crippen molar-refractivity contribution < 1.29 is 9.53 Å². The van der Waals surface area contributed by atoms with Gasteiger partial charge in [0, 0.05) is 44.3 Å². The van der Waals surface area contributed by atoms with Gasteiger partial charge in [-0.25, -0.2) is 4.79 Å². The van der Waals surface area contributed by atoms with E-state index >= 15 is 0 Å². The molecule has 122 valence electrons. The number of aromatic nitrogens is 2. The highest BCUT2D eigenvalue weighted by molar-refractivity contribution is 5.68. The van der Waals surface area contributed by atoms with Crippen LogP contribution in [0.25, 0.3) is 0 Å². The lowest BCUT2D eigenvalue weighted by molar-refractivity contribution is -0.00373. The third kappa shape index (κ3) is 4.16. The molecule has 0 spiro atoms. The van der Waals surface area contributed by atoms with Gasteiger partial charge in [-0.1, -0.05) is 0 Å². The fraction of sp³-hybridized carbons (Fsp3) is 0.688. The Kier molecular flexibility index (Phi) is 5.01. The highest BCUT2D eigenvalue weighted by atomic mass is 16.6. The summed E-state index contributed by atoms with van der Waals surface area (Å²) in [5, 5.41) is 0. The molecule has 0 unspecified atom stereocenters. The van der Waals surface area contributed by atoms with E-state index in [0.29, 0.717) is 6.54 Å². The topological polar surface area (TPSA) is 58.6 Å². The van der Waals surface area contributed by atoms with Crippen LogP contribution in [0.4, 0.5) is 4.79 Å². The maximum Gasteiger partial charge on any atom is 0.410 e. The Hall–Kier alpha value is -1.69. The molecule has 1 saturated heterocycles. The summed E-state index contributed by atoms with van der Waals surface area (Å²) in [5.41, 5.74) is 0.501. The third-order valence-corrected chi connectivity index (χ3v) is 3.85. The first-order valence-corrected chi connectivity index (χ1v) is 7.77. The molecule has 0 N–H and O–H groups in total. The number of nitrogens with zero attached hydrogens (tertiary/aromatic N) is 4. The van der Waals surface area contributed by atoms with Gasteiger partial charge in [0.25, 0.3) is 0 Å². The molecule has 1 amide bonds. The quantitative estimate of drug-likeness (QED) is 0.840. The van der Waals surface area contributed by atoms with Gasteiger partial charge in [0.05, 0.1) is 11.7 Å². The van der Waals surface area contributed by atoms with E-state index in [1.54, 1.807) is 18.6 Å². The molecular formula is C16H26N4O2. The van der Waals surface area contributed by atoms with Gasteiger partial charge < -0.3 is 9.64 Å². The molecule has 0 aromatic carbocycles. The van der Waals surface area contributed by atoms with Crippen molar-refractivity contribution in [1.29, 1.82) is 0 Å². The summed E-state index contributed by atoms with van der Waals surface area (Å²) in [6.07, 6.45) is 4.97. The van der Waals surface area contributed by atoms with E-state index in [2.05, 4.69) is 28.7 Å².